The van der Waals surface area contributed by atoms with Gasteiger partial charge in [0, 0.05) is 16.6 Å². The topological polar surface area (TPSA) is 54.9 Å². The molecule has 8 heteroatoms. The van der Waals surface area contributed by atoms with Crippen LogP contribution in [0.1, 0.15) is 15.9 Å². The summed E-state index contributed by atoms with van der Waals surface area (Å²) in [5.74, 6) is -0.920. The lowest BCUT2D eigenvalue weighted by Crippen LogP contribution is -2.24. The first-order valence-corrected chi connectivity index (χ1v) is 6.93. The molecule has 0 aliphatic rings. The first-order chi connectivity index (χ1) is 9.47. The van der Waals surface area contributed by atoms with E-state index >= 15 is 0 Å². The molecule has 2 aromatic rings. The SMILES string of the molecule is O=C(NCc1cc(Br)ccc1F)c1cc(Cl)nnc1Cl. The highest BCUT2D eigenvalue weighted by Crippen LogP contribution is 2.17. The Bertz CT molecular complexity index is 669. The van der Waals surface area contributed by atoms with Crippen molar-refractivity contribution in [2.24, 2.45) is 0 Å². The molecule has 0 aliphatic heterocycles. The van der Waals surface area contributed by atoms with Crippen molar-refractivity contribution >= 4 is 45.0 Å². The second kappa shape index (κ2) is 6.47. The summed E-state index contributed by atoms with van der Waals surface area (Å²) in [7, 11) is 0. The summed E-state index contributed by atoms with van der Waals surface area (Å²) >= 11 is 14.6. The molecule has 2 rings (SSSR count). The van der Waals surface area contributed by atoms with Crippen LogP contribution in [-0.2, 0) is 6.54 Å². The monoisotopic (exact) mass is 377 g/mol. The molecule has 104 valence electrons. The van der Waals surface area contributed by atoms with E-state index < -0.39 is 11.7 Å². The number of rotatable bonds is 3. The Balaban J connectivity index is 2.12. The van der Waals surface area contributed by atoms with Crippen LogP contribution >= 0.6 is 39.1 Å². The molecule has 0 radical (unpaired) electrons. The third-order valence-corrected chi connectivity index (χ3v) is 3.37. The number of hydrogen-bond donors (Lipinski definition) is 1. The molecule has 0 unspecified atom stereocenters. The van der Waals surface area contributed by atoms with Crippen molar-refractivity contribution in [3.05, 3.63) is 56.0 Å². The number of amides is 1. The van der Waals surface area contributed by atoms with Crippen molar-refractivity contribution in [2.75, 3.05) is 0 Å². The van der Waals surface area contributed by atoms with Crippen LogP contribution in [0.15, 0.2) is 28.7 Å². The van der Waals surface area contributed by atoms with Gasteiger partial charge >= 0.3 is 0 Å². The highest BCUT2D eigenvalue weighted by molar-refractivity contribution is 9.10. The van der Waals surface area contributed by atoms with E-state index in [1.54, 1.807) is 12.1 Å². The van der Waals surface area contributed by atoms with Gasteiger partial charge in [-0.15, -0.1) is 10.2 Å². The highest BCUT2D eigenvalue weighted by Gasteiger charge is 2.13. The van der Waals surface area contributed by atoms with Gasteiger partial charge in [0.2, 0.25) is 0 Å². The summed E-state index contributed by atoms with van der Waals surface area (Å²) < 4.78 is 14.2. The lowest BCUT2D eigenvalue weighted by molar-refractivity contribution is 0.0950. The fourth-order valence-electron chi connectivity index (χ4n) is 1.46. The van der Waals surface area contributed by atoms with Crippen LogP contribution in [0.25, 0.3) is 0 Å². The summed E-state index contributed by atoms with van der Waals surface area (Å²) in [6.07, 6.45) is 0. The molecule has 1 N–H and O–H groups in total. The van der Waals surface area contributed by atoms with E-state index in [1.807, 2.05) is 0 Å². The number of halogens is 4. The van der Waals surface area contributed by atoms with Crippen LogP contribution < -0.4 is 5.32 Å². The van der Waals surface area contributed by atoms with Crippen molar-refractivity contribution in [1.29, 1.82) is 0 Å². The van der Waals surface area contributed by atoms with Crippen molar-refractivity contribution in [1.82, 2.24) is 15.5 Å². The van der Waals surface area contributed by atoms with Gasteiger partial charge in [0.25, 0.3) is 5.91 Å². The molecule has 1 aromatic heterocycles. The zero-order valence-electron chi connectivity index (χ0n) is 9.83. The van der Waals surface area contributed by atoms with Gasteiger partial charge in [0.15, 0.2) is 10.3 Å². The molecular weight excluding hydrogens is 372 g/mol. The number of aromatic nitrogens is 2. The Morgan fingerprint density at radius 1 is 1.30 bits per heavy atom. The molecule has 0 fully saturated rings. The molecular formula is C12H7BrCl2FN3O. The van der Waals surface area contributed by atoms with Crippen LogP contribution in [0, 0.1) is 5.82 Å². The zero-order chi connectivity index (χ0) is 14.7. The highest BCUT2D eigenvalue weighted by atomic mass is 79.9. The summed E-state index contributed by atoms with van der Waals surface area (Å²) in [5, 5.41) is 9.55. The maximum Gasteiger partial charge on any atom is 0.254 e. The van der Waals surface area contributed by atoms with E-state index in [9.17, 15) is 9.18 Å². The molecule has 0 spiro atoms. The number of carbonyl (C=O) groups is 1. The fraction of sp³-hybridized carbons (Fsp3) is 0.0833. The van der Waals surface area contributed by atoms with E-state index in [4.69, 9.17) is 23.2 Å². The molecule has 1 heterocycles. The summed E-state index contributed by atoms with van der Waals surface area (Å²) in [4.78, 5) is 11.9. The normalized spacial score (nSPS) is 10.4. The van der Waals surface area contributed by atoms with Crippen LogP contribution in [0.4, 0.5) is 4.39 Å². The average Bonchev–Trinajstić information content (AvgIpc) is 2.42. The summed E-state index contributed by atoms with van der Waals surface area (Å²) in [5.41, 5.74) is 0.430. The third kappa shape index (κ3) is 3.65. The van der Waals surface area contributed by atoms with E-state index in [-0.39, 0.29) is 22.4 Å². The van der Waals surface area contributed by atoms with Gasteiger partial charge in [-0.3, -0.25) is 4.79 Å². The lowest BCUT2D eigenvalue weighted by Gasteiger charge is -2.07. The smallest absolute Gasteiger partial charge is 0.254 e. The molecule has 0 bridgehead atoms. The first kappa shape index (κ1) is 15.2. The van der Waals surface area contributed by atoms with Gasteiger partial charge in [-0.2, -0.15) is 0 Å². The van der Waals surface area contributed by atoms with Crippen molar-refractivity contribution in [2.45, 2.75) is 6.54 Å². The van der Waals surface area contributed by atoms with E-state index in [0.29, 0.717) is 5.56 Å². The zero-order valence-corrected chi connectivity index (χ0v) is 12.9. The van der Waals surface area contributed by atoms with Crippen molar-refractivity contribution < 1.29 is 9.18 Å². The summed E-state index contributed by atoms with van der Waals surface area (Å²) in [6.45, 7) is 0.0143. The minimum absolute atomic E-state index is 0.0143. The number of nitrogens with zero attached hydrogens (tertiary/aromatic N) is 2. The number of benzene rings is 1. The maximum atomic E-state index is 13.5. The Labute approximate surface area is 132 Å². The van der Waals surface area contributed by atoms with Gasteiger partial charge in [-0.1, -0.05) is 39.1 Å². The Kier molecular flexibility index (Phi) is 4.91. The third-order valence-electron chi connectivity index (χ3n) is 2.41. The number of carbonyl (C=O) groups excluding carboxylic acids is 1. The maximum absolute atomic E-state index is 13.5. The van der Waals surface area contributed by atoms with E-state index in [2.05, 4.69) is 31.4 Å². The van der Waals surface area contributed by atoms with Crippen molar-refractivity contribution in [3.8, 4) is 0 Å². The van der Waals surface area contributed by atoms with E-state index in [0.717, 1.165) is 4.47 Å². The molecule has 1 aromatic carbocycles. The molecule has 0 saturated heterocycles. The minimum atomic E-state index is -0.508. The lowest BCUT2D eigenvalue weighted by atomic mass is 10.2. The van der Waals surface area contributed by atoms with Crippen molar-refractivity contribution in [3.63, 3.8) is 0 Å². The van der Waals surface area contributed by atoms with Crippen LogP contribution in [0.2, 0.25) is 10.3 Å². The Morgan fingerprint density at radius 3 is 2.80 bits per heavy atom. The minimum Gasteiger partial charge on any atom is -0.348 e. The van der Waals surface area contributed by atoms with Crippen LogP contribution in [0.5, 0.6) is 0 Å². The van der Waals surface area contributed by atoms with E-state index in [1.165, 1.54) is 12.1 Å². The van der Waals surface area contributed by atoms with Gasteiger partial charge in [-0.05, 0) is 24.3 Å². The number of nitrogens with one attached hydrogen (secondary N) is 1. The second-order valence-corrected chi connectivity index (χ2v) is 5.45. The predicted molar refractivity (Wildman–Crippen MR) is 77.3 cm³/mol. The molecule has 0 atom stereocenters. The molecule has 1 amide bonds. The second-order valence-electron chi connectivity index (χ2n) is 3.79. The molecule has 4 nitrogen and oxygen atoms in total. The predicted octanol–water partition coefficient (Wildman–Crippen LogP) is 3.62. The first-order valence-electron chi connectivity index (χ1n) is 5.38. The average molecular weight is 379 g/mol. The van der Waals surface area contributed by atoms with Crippen LogP contribution in [0.3, 0.4) is 0 Å². The largest absolute Gasteiger partial charge is 0.348 e. The molecule has 20 heavy (non-hydrogen) atoms. The molecule has 0 aliphatic carbocycles. The fourth-order valence-corrected chi connectivity index (χ4v) is 2.20. The Hall–Kier alpha value is -1.24. The van der Waals surface area contributed by atoms with Crippen LogP contribution in [-0.4, -0.2) is 16.1 Å². The van der Waals surface area contributed by atoms with Gasteiger partial charge < -0.3 is 5.32 Å². The molecule has 0 saturated carbocycles. The Morgan fingerprint density at radius 2 is 2.05 bits per heavy atom. The van der Waals surface area contributed by atoms with Gasteiger partial charge in [0.1, 0.15) is 5.82 Å². The standard InChI is InChI=1S/C12H7BrCl2FN3O/c13-7-1-2-9(16)6(3-7)5-17-12(20)8-4-10(14)18-19-11(8)15/h1-4H,5H2,(H,17,20). The summed E-state index contributed by atoms with van der Waals surface area (Å²) in [6, 6.07) is 5.76. The van der Waals surface area contributed by atoms with Gasteiger partial charge in [0.05, 0.1) is 5.56 Å². The van der Waals surface area contributed by atoms with Gasteiger partial charge in [-0.25, -0.2) is 4.39 Å². The quantitative estimate of drug-likeness (QED) is 0.887. The number of hydrogen-bond acceptors (Lipinski definition) is 3.